The van der Waals surface area contributed by atoms with Crippen LogP contribution in [0.5, 0.6) is 0 Å². The maximum absolute atomic E-state index is 12.8. The Morgan fingerprint density at radius 3 is 2.56 bits per heavy atom. The number of esters is 1. The third-order valence-electron chi connectivity index (χ3n) is 8.12. The van der Waals surface area contributed by atoms with Crippen molar-refractivity contribution in [2.24, 2.45) is 18.9 Å². The molecule has 1 fully saturated rings. The first kappa shape index (κ1) is 26.9. The normalized spacial score (nSPS) is 18.3. The number of aromatic nitrogens is 4. The molecule has 0 amide bonds. The van der Waals surface area contributed by atoms with E-state index in [9.17, 15) is 4.79 Å². The van der Waals surface area contributed by atoms with E-state index in [1.54, 1.807) is 12.4 Å². The highest BCUT2D eigenvalue weighted by atomic mass is 16.6. The second-order valence-corrected chi connectivity index (χ2v) is 12.2. The molecule has 5 aromatic rings. The highest BCUT2D eigenvalue weighted by Gasteiger charge is 2.34. The van der Waals surface area contributed by atoms with E-state index in [1.165, 1.54) is 10.9 Å². The average Bonchev–Trinajstić information content (AvgIpc) is 3.35. The lowest BCUT2D eigenvalue weighted by molar-refractivity contribution is -0.161. The third-order valence-corrected chi connectivity index (χ3v) is 8.12. The summed E-state index contributed by atoms with van der Waals surface area (Å²) in [4.78, 5) is 26.6. The molecule has 0 saturated heterocycles. The quantitative estimate of drug-likeness (QED) is 0.222. The highest BCUT2D eigenvalue weighted by Crippen LogP contribution is 2.41. The Labute approximate surface area is 241 Å². The zero-order valence-electron chi connectivity index (χ0n) is 24.2. The van der Waals surface area contributed by atoms with Gasteiger partial charge in [-0.15, -0.1) is 0 Å². The number of nitrogens with zero attached hydrogens (tertiary/aromatic N) is 4. The van der Waals surface area contributed by atoms with Crippen LogP contribution in [0.2, 0.25) is 0 Å². The lowest BCUT2D eigenvalue weighted by Crippen LogP contribution is -2.33. The van der Waals surface area contributed by atoms with Crippen LogP contribution in [0.4, 0.5) is 5.69 Å². The van der Waals surface area contributed by atoms with Crippen molar-refractivity contribution in [3.63, 3.8) is 0 Å². The first-order valence-electron chi connectivity index (χ1n) is 14.4. The molecule has 2 aromatic carbocycles. The second-order valence-electron chi connectivity index (χ2n) is 12.2. The monoisotopic (exact) mass is 547 g/mol. The number of fused-ring (bicyclic) bond motifs is 2. The van der Waals surface area contributed by atoms with Crippen molar-refractivity contribution in [2.45, 2.75) is 58.1 Å². The van der Waals surface area contributed by atoms with Gasteiger partial charge >= 0.3 is 5.97 Å². The lowest BCUT2D eigenvalue weighted by Gasteiger charge is -2.35. The van der Waals surface area contributed by atoms with E-state index in [4.69, 9.17) is 9.72 Å². The molecule has 1 atom stereocenters. The molecule has 7 nitrogen and oxygen atoms in total. The molecule has 0 radical (unpaired) electrons. The van der Waals surface area contributed by atoms with Gasteiger partial charge in [0.2, 0.25) is 0 Å². The van der Waals surface area contributed by atoms with Gasteiger partial charge in [-0.05, 0) is 99.2 Å². The van der Waals surface area contributed by atoms with Gasteiger partial charge < -0.3 is 14.6 Å². The van der Waals surface area contributed by atoms with Gasteiger partial charge in [0.15, 0.2) is 0 Å². The van der Waals surface area contributed by atoms with Crippen LogP contribution >= 0.6 is 0 Å². The molecule has 0 aliphatic heterocycles. The maximum atomic E-state index is 12.8. The summed E-state index contributed by atoms with van der Waals surface area (Å²) in [6.45, 7) is 5.79. The minimum atomic E-state index is -0.463. The number of ether oxygens (including phenoxy) is 1. The third kappa shape index (κ3) is 5.80. The minimum Gasteiger partial charge on any atom is -0.460 e. The molecule has 7 heteroatoms. The molecular formula is C34H37N5O2. The van der Waals surface area contributed by atoms with Gasteiger partial charge in [0.25, 0.3) is 0 Å². The van der Waals surface area contributed by atoms with Crippen molar-refractivity contribution in [1.82, 2.24) is 19.5 Å². The highest BCUT2D eigenvalue weighted by molar-refractivity contribution is 5.97. The summed E-state index contributed by atoms with van der Waals surface area (Å²) in [6, 6.07) is 17.1. The molecule has 0 spiro atoms. The van der Waals surface area contributed by atoms with Crippen LogP contribution in [0.3, 0.4) is 0 Å². The Balaban J connectivity index is 1.33. The standard InChI is InChI=1S/C34H37N5O2/c1-34(2,3)41-33(40)24-10-8-23(9-11-24)31(26-6-5-14-35-21-26)38-27-19-28(32-29(20-27)36-15-16-37-32)25-12-7-22-13-17-39(4)30(22)18-25/h5-7,12-21,23-24,31,38H,8-11H2,1-4H3. The Kier molecular flexibility index (Phi) is 7.20. The van der Waals surface area contributed by atoms with Gasteiger partial charge in [0.1, 0.15) is 5.60 Å². The predicted octanol–water partition coefficient (Wildman–Crippen LogP) is 7.48. The fraction of sp³-hybridized carbons (Fsp3) is 0.353. The van der Waals surface area contributed by atoms with Crippen LogP contribution in [-0.4, -0.2) is 31.1 Å². The van der Waals surface area contributed by atoms with Gasteiger partial charge in [-0.2, -0.15) is 0 Å². The van der Waals surface area contributed by atoms with Crippen molar-refractivity contribution >= 4 is 33.6 Å². The fourth-order valence-electron chi connectivity index (χ4n) is 6.09. The lowest BCUT2D eigenvalue weighted by atomic mass is 9.76. The van der Waals surface area contributed by atoms with Gasteiger partial charge in [0.05, 0.1) is 23.0 Å². The Bertz CT molecular complexity index is 1680. The van der Waals surface area contributed by atoms with Crippen molar-refractivity contribution in [3.05, 3.63) is 85.1 Å². The summed E-state index contributed by atoms with van der Waals surface area (Å²) < 4.78 is 7.84. The predicted molar refractivity (Wildman–Crippen MR) is 163 cm³/mol. The van der Waals surface area contributed by atoms with Gasteiger partial charge in [-0.1, -0.05) is 18.2 Å². The van der Waals surface area contributed by atoms with E-state index in [0.717, 1.165) is 59.1 Å². The molecule has 1 unspecified atom stereocenters. The number of anilines is 1. The van der Waals surface area contributed by atoms with Crippen LogP contribution < -0.4 is 5.32 Å². The molecule has 1 N–H and O–H groups in total. The number of carbonyl (C=O) groups is 1. The molecule has 1 aliphatic rings. The SMILES string of the molecule is Cn1ccc2ccc(-c3cc(NC(c4cccnc4)C4CCC(C(=O)OC(C)(C)C)CC4)cc4nccnc34)cc21. The molecule has 1 saturated carbocycles. The first-order valence-corrected chi connectivity index (χ1v) is 14.4. The van der Waals surface area contributed by atoms with E-state index < -0.39 is 5.60 Å². The molecule has 210 valence electrons. The summed E-state index contributed by atoms with van der Waals surface area (Å²) in [6.07, 6.45) is 12.8. The molecule has 6 rings (SSSR count). The zero-order valence-corrected chi connectivity index (χ0v) is 24.2. The number of benzene rings is 2. The number of pyridine rings is 1. The number of rotatable bonds is 6. The maximum Gasteiger partial charge on any atom is 0.309 e. The molecule has 41 heavy (non-hydrogen) atoms. The summed E-state index contributed by atoms with van der Waals surface area (Å²) in [5, 5.41) is 5.07. The molecular weight excluding hydrogens is 510 g/mol. The summed E-state index contributed by atoms with van der Waals surface area (Å²) in [5.74, 6) is 0.225. The Morgan fingerprint density at radius 2 is 1.80 bits per heavy atom. The van der Waals surface area contributed by atoms with E-state index >= 15 is 0 Å². The van der Waals surface area contributed by atoms with Crippen molar-refractivity contribution in [3.8, 4) is 11.1 Å². The van der Waals surface area contributed by atoms with Gasteiger partial charge in [-0.3, -0.25) is 19.7 Å². The summed E-state index contributed by atoms with van der Waals surface area (Å²) in [5.41, 5.74) is 6.70. The van der Waals surface area contributed by atoms with Crippen LogP contribution in [0.1, 0.15) is 58.1 Å². The van der Waals surface area contributed by atoms with Crippen molar-refractivity contribution in [1.29, 1.82) is 0 Å². The van der Waals surface area contributed by atoms with Crippen LogP contribution in [0, 0.1) is 11.8 Å². The largest absolute Gasteiger partial charge is 0.460 e. The number of carbonyl (C=O) groups excluding carboxylic acids is 1. The molecule has 3 heterocycles. The van der Waals surface area contributed by atoms with E-state index in [2.05, 4.69) is 75.6 Å². The van der Waals surface area contributed by atoms with Gasteiger partial charge in [-0.25, -0.2) is 0 Å². The van der Waals surface area contributed by atoms with Crippen LogP contribution in [-0.2, 0) is 16.6 Å². The number of nitrogens with one attached hydrogen (secondary N) is 1. The summed E-state index contributed by atoms with van der Waals surface area (Å²) in [7, 11) is 2.07. The first-order chi connectivity index (χ1) is 19.7. The van der Waals surface area contributed by atoms with E-state index in [1.807, 2.05) is 39.2 Å². The fourth-order valence-corrected chi connectivity index (χ4v) is 6.09. The van der Waals surface area contributed by atoms with Gasteiger partial charge in [0, 0.05) is 54.8 Å². The molecule has 0 bridgehead atoms. The zero-order chi connectivity index (χ0) is 28.6. The minimum absolute atomic E-state index is 0.0422. The second kappa shape index (κ2) is 11.0. The summed E-state index contributed by atoms with van der Waals surface area (Å²) >= 11 is 0. The number of hydrogen-bond acceptors (Lipinski definition) is 6. The van der Waals surface area contributed by atoms with E-state index in [-0.39, 0.29) is 17.9 Å². The smallest absolute Gasteiger partial charge is 0.309 e. The topological polar surface area (TPSA) is 81.9 Å². The average molecular weight is 548 g/mol. The van der Waals surface area contributed by atoms with E-state index in [0.29, 0.717) is 5.92 Å². The number of aryl methyl sites for hydroxylation is 1. The van der Waals surface area contributed by atoms with Crippen molar-refractivity contribution in [2.75, 3.05) is 5.32 Å². The van der Waals surface area contributed by atoms with Crippen molar-refractivity contribution < 1.29 is 9.53 Å². The molecule has 3 aromatic heterocycles. The Morgan fingerprint density at radius 1 is 1.00 bits per heavy atom. The Hall–Kier alpha value is -4.26. The molecule has 1 aliphatic carbocycles. The number of hydrogen-bond donors (Lipinski definition) is 1. The van der Waals surface area contributed by atoms with Crippen LogP contribution in [0.25, 0.3) is 33.1 Å². The van der Waals surface area contributed by atoms with Crippen LogP contribution in [0.15, 0.2) is 79.5 Å².